The molecule has 4 nitrogen and oxygen atoms in total. The molecule has 0 saturated heterocycles. The Hall–Kier alpha value is -2.23. The van der Waals surface area contributed by atoms with Gasteiger partial charge < -0.3 is 5.11 Å². The summed E-state index contributed by atoms with van der Waals surface area (Å²) in [4.78, 5) is 21.1. The maximum Gasteiger partial charge on any atom is 0.312 e. The first-order chi connectivity index (χ1) is 8.20. The molecule has 1 amide bonds. The number of allylic oxidation sites excluding steroid dienone is 3. The maximum atomic E-state index is 11.0. The van der Waals surface area contributed by atoms with Crippen molar-refractivity contribution in [2.75, 3.05) is 0 Å². The molecule has 0 atom stereocenters. The molecular weight excluding hydrogens is 218 g/mol. The van der Waals surface area contributed by atoms with Crippen molar-refractivity contribution < 1.29 is 9.90 Å². The quantitative estimate of drug-likeness (QED) is 0.793. The molecule has 0 unspecified atom stereocenters. The van der Waals surface area contributed by atoms with Crippen LogP contribution >= 0.6 is 0 Å². The molecule has 0 heterocycles. The van der Waals surface area contributed by atoms with E-state index in [2.05, 4.69) is 5.18 Å². The van der Waals surface area contributed by atoms with Gasteiger partial charge in [-0.15, -0.1) is 4.91 Å². The minimum atomic E-state index is -0.689. The molecule has 0 saturated carbocycles. The Labute approximate surface area is 98.3 Å². The van der Waals surface area contributed by atoms with Gasteiger partial charge in [0.25, 0.3) is 0 Å². The Morgan fingerprint density at radius 1 is 1.12 bits per heavy atom. The maximum absolute atomic E-state index is 11.0. The minimum Gasteiger partial charge on any atom is -0.508 e. The van der Waals surface area contributed by atoms with Gasteiger partial charge in [-0.1, -0.05) is 24.3 Å². The number of nitrogens with zero attached hydrogens (tertiary/aromatic N) is 1. The molecule has 2 rings (SSSR count). The zero-order valence-electron chi connectivity index (χ0n) is 9.09. The average Bonchev–Trinajstić information content (AvgIpc) is 2.39. The number of nitroso groups, excluding NO2 is 1. The van der Waals surface area contributed by atoms with Gasteiger partial charge in [-0.25, -0.2) is 0 Å². The van der Waals surface area contributed by atoms with E-state index in [-0.39, 0.29) is 5.75 Å². The van der Waals surface area contributed by atoms with Crippen LogP contribution in [-0.2, 0) is 4.79 Å². The van der Waals surface area contributed by atoms with E-state index in [0.717, 1.165) is 11.1 Å². The van der Waals surface area contributed by atoms with Gasteiger partial charge in [-0.05, 0) is 36.1 Å². The zero-order chi connectivity index (χ0) is 12.3. The lowest BCUT2D eigenvalue weighted by Gasteiger charge is -2.12. The minimum absolute atomic E-state index is 0.224. The number of hydrogen-bond acceptors (Lipinski definition) is 3. The van der Waals surface area contributed by atoms with Crippen molar-refractivity contribution in [3.8, 4) is 5.75 Å². The Balaban J connectivity index is 2.23. The monoisotopic (exact) mass is 229 g/mol. The fraction of sp³-hybridized carbons (Fsp3) is 0.154. The molecule has 1 aliphatic carbocycles. The second kappa shape index (κ2) is 4.74. The number of amides is 1. The number of rotatable bonds is 2. The summed E-state index contributed by atoms with van der Waals surface area (Å²) in [6.07, 6.45) is 4.67. The number of carbonyl (C=O) groups is 1. The highest BCUT2D eigenvalue weighted by atomic mass is 16.3. The molecule has 1 aliphatic rings. The SMILES string of the molecule is O=NC(=O)C1=CC=C(c2ccc(O)cc2)CC1. The van der Waals surface area contributed by atoms with Crippen LogP contribution in [0.5, 0.6) is 5.75 Å². The third-order valence-electron chi connectivity index (χ3n) is 2.75. The van der Waals surface area contributed by atoms with Gasteiger partial charge >= 0.3 is 5.91 Å². The predicted octanol–water partition coefficient (Wildman–Crippen LogP) is 2.79. The molecule has 0 bridgehead atoms. The fourth-order valence-electron chi connectivity index (χ4n) is 1.79. The van der Waals surface area contributed by atoms with E-state index in [0.29, 0.717) is 18.4 Å². The molecular formula is C13H11NO3. The Bertz CT molecular complexity index is 512. The number of aromatic hydroxyl groups is 1. The van der Waals surface area contributed by atoms with E-state index < -0.39 is 5.91 Å². The Morgan fingerprint density at radius 2 is 1.82 bits per heavy atom. The van der Waals surface area contributed by atoms with Gasteiger partial charge in [0.05, 0.1) is 0 Å². The van der Waals surface area contributed by atoms with Gasteiger partial charge in [0, 0.05) is 10.7 Å². The fourth-order valence-corrected chi connectivity index (χ4v) is 1.79. The molecule has 0 radical (unpaired) electrons. The third kappa shape index (κ3) is 2.47. The van der Waals surface area contributed by atoms with Gasteiger partial charge in [-0.3, -0.25) is 4.79 Å². The predicted molar refractivity (Wildman–Crippen MR) is 64.2 cm³/mol. The lowest BCUT2D eigenvalue weighted by molar-refractivity contribution is -0.114. The van der Waals surface area contributed by atoms with Crippen molar-refractivity contribution in [3.05, 3.63) is 52.5 Å². The van der Waals surface area contributed by atoms with E-state index in [4.69, 9.17) is 0 Å². The number of phenols is 1. The largest absolute Gasteiger partial charge is 0.508 e. The number of benzene rings is 1. The molecule has 1 aromatic carbocycles. The van der Waals surface area contributed by atoms with E-state index in [1.165, 1.54) is 0 Å². The lowest BCUT2D eigenvalue weighted by Crippen LogP contribution is -2.01. The second-order valence-electron chi connectivity index (χ2n) is 3.83. The van der Waals surface area contributed by atoms with E-state index in [9.17, 15) is 14.8 Å². The Kier molecular flexibility index (Phi) is 3.14. The summed E-state index contributed by atoms with van der Waals surface area (Å²) < 4.78 is 0. The standard InChI is InChI=1S/C13H11NO3/c15-12-7-5-10(6-8-12)9-1-3-11(4-2-9)13(16)14-17/h1,3,5-8,15H,2,4H2. The third-order valence-corrected chi connectivity index (χ3v) is 2.75. The average molecular weight is 229 g/mol. The molecule has 86 valence electrons. The molecule has 4 heteroatoms. The molecule has 0 aromatic heterocycles. The summed E-state index contributed by atoms with van der Waals surface area (Å²) >= 11 is 0. The van der Waals surface area contributed by atoms with E-state index >= 15 is 0 Å². The highest BCUT2D eigenvalue weighted by Crippen LogP contribution is 2.28. The first-order valence-corrected chi connectivity index (χ1v) is 5.27. The normalized spacial score (nSPS) is 14.8. The number of carbonyl (C=O) groups excluding carboxylic acids is 1. The van der Waals surface area contributed by atoms with Crippen LogP contribution in [0.2, 0.25) is 0 Å². The van der Waals surface area contributed by atoms with Crippen LogP contribution in [0, 0.1) is 4.91 Å². The second-order valence-corrected chi connectivity index (χ2v) is 3.83. The van der Waals surface area contributed by atoms with Crippen molar-refractivity contribution in [2.24, 2.45) is 5.18 Å². The summed E-state index contributed by atoms with van der Waals surface area (Å²) in [5, 5.41) is 11.6. The van der Waals surface area contributed by atoms with Gasteiger partial charge in [0.15, 0.2) is 0 Å². The van der Waals surface area contributed by atoms with Crippen molar-refractivity contribution in [2.45, 2.75) is 12.8 Å². The topological polar surface area (TPSA) is 66.7 Å². The highest BCUT2D eigenvalue weighted by molar-refractivity contribution is 5.95. The summed E-state index contributed by atoms with van der Waals surface area (Å²) in [6.45, 7) is 0. The van der Waals surface area contributed by atoms with Crippen molar-refractivity contribution in [1.29, 1.82) is 0 Å². The summed E-state index contributed by atoms with van der Waals surface area (Å²) in [5.41, 5.74) is 2.53. The molecule has 0 fully saturated rings. The number of hydrogen-bond donors (Lipinski definition) is 1. The lowest BCUT2D eigenvalue weighted by atomic mass is 9.93. The van der Waals surface area contributed by atoms with Crippen molar-refractivity contribution in [1.82, 2.24) is 0 Å². The number of phenolic OH excluding ortho intramolecular Hbond substituents is 1. The van der Waals surface area contributed by atoms with Crippen LogP contribution in [0.1, 0.15) is 18.4 Å². The molecule has 0 spiro atoms. The van der Waals surface area contributed by atoms with Crippen LogP contribution in [-0.4, -0.2) is 11.0 Å². The van der Waals surface area contributed by atoms with Crippen LogP contribution < -0.4 is 0 Å². The first-order valence-electron chi connectivity index (χ1n) is 5.27. The molecule has 1 aromatic rings. The smallest absolute Gasteiger partial charge is 0.312 e. The van der Waals surface area contributed by atoms with E-state index in [1.54, 1.807) is 18.2 Å². The van der Waals surface area contributed by atoms with Crippen LogP contribution in [0.25, 0.3) is 5.57 Å². The Morgan fingerprint density at radius 3 is 2.35 bits per heavy atom. The summed E-state index contributed by atoms with van der Waals surface area (Å²) in [6, 6.07) is 6.88. The van der Waals surface area contributed by atoms with Crippen molar-refractivity contribution >= 4 is 11.5 Å². The first kappa shape index (κ1) is 11.3. The zero-order valence-corrected chi connectivity index (χ0v) is 9.09. The van der Waals surface area contributed by atoms with Crippen molar-refractivity contribution in [3.63, 3.8) is 0 Å². The highest BCUT2D eigenvalue weighted by Gasteiger charge is 2.14. The molecule has 1 N–H and O–H groups in total. The van der Waals surface area contributed by atoms with Gasteiger partial charge in [-0.2, -0.15) is 0 Å². The molecule has 17 heavy (non-hydrogen) atoms. The van der Waals surface area contributed by atoms with Crippen LogP contribution in [0.4, 0.5) is 0 Å². The van der Waals surface area contributed by atoms with Gasteiger partial charge in [0.2, 0.25) is 0 Å². The van der Waals surface area contributed by atoms with Crippen LogP contribution in [0.3, 0.4) is 0 Å². The summed E-state index contributed by atoms with van der Waals surface area (Å²) in [5.74, 6) is -0.465. The molecule has 0 aliphatic heterocycles. The van der Waals surface area contributed by atoms with E-state index in [1.807, 2.05) is 18.2 Å². The van der Waals surface area contributed by atoms with Crippen LogP contribution in [0.15, 0.2) is 47.2 Å². The van der Waals surface area contributed by atoms with Gasteiger partial charge in [0.1, 0.15) is 5.75 Å². The summed E-state index contributed by atoms with van der Waals surface area (Å²) in [7, 11) is 0.